The third-order valence-electron chi connectivity index (χ3n) is 3.10. The van der Waals surface area contributed by atoms with Crippen LogP contribution in [-0.4, -0.2) is 7.11 Å². The molecule has 0 heterocycles. The minimum absolute atomic E-state index is 0.227. The number of ether oxygens (including phenoxy) is 2. The van der Waals surface area contributed by atoms with Crippen LogP contribution in [0.1, 0.15) is 24.1 Å². The summed E-state index contributed by atoms with van der Waals surface area (Å²) in [6, 6.07) is 9.76. The Morgan fingerprint density at radius 2 is 2.00 bits per heavy atom. The van der Waals surface area contributed by atoms with E-state index in [0.717, 1.165) is 21.3 Å². The van der Waals surface area contributed by atoms with Crippen LogP contribution in [-0.2, 0) is 6.61 Å². The Morgan fingerprint density at radius 3 is 2.67 bits per heavy atom. The Bertz CT molecular complexity index is 632. The van der Waals surface area contributed by atoms with Crippen molar-refractivity contribution in [2.75, 3.05) is 7.11 Å². The number of rotatable bonds is 5. The molecule has 21 heavy (non-hydrogen) atoms. The number of benzene rings is 2. The number of methoxy groups -OCH3 is 1. The molecule has 0 radical (unpaired) electrons. The summed E-state index contributed by atoms with van der Waals surface area (Å²) in [6.07, 6.45) is 0. The molecule has 0 bridgehead atoms. The summed E-state index contributed by atoms with van der Waals surface area (Å²) in [6.45, 7) is 2.13. The predicted molar refractivity (Wildman–Crippen MR) is 84.0 cm³/mol. The fourth-order valence-corrected chi connectivity index (χ4v) is 2.31. The van der Waals surface area contributed by atoms with E-state index in [2.05, 4.69) is 15.9 Å². The maximum Gasteiger partial charge on any atom is 0.127 e. The Hall–Kier alpha value is -1.59. The zero-order chi connectivity index (χ0) is 15.4. The summed E-state index contributed by atoms with van der Waals surface area (Å²) in [5, 5.41) is 0. The molecular weight excluding hydrogens is 337 g/mol. The average Bonchev–Trinajstić information content (AvgIpc) is 2.46. The molecule has 0 spiro atoms. The highest BCUT2D eigenvalue weighted by molar-refractivity contribution is 9.10. The van der Waals surface area contributed by atoms with Crippen molar-refractivity contribution in [1.82, 2.24) is 0 Å². The van der Waals surface area contributed by atoms with Crippen molar-refractivity contribution in [3.8, 4) is 11.5 Å². The van der Waals surface area contributed by atoms with Crippen molar-refractivity contribution in [2.45, 2.75) is 19.6 Å². The SMILES string of the molecule is COc1ccc(Br)c(COc2cc(F)ccc2C(C)N)c1. The highest BCUT2D eigenvalue weighted by Crippen LogP contribution is 2.28. The first-order valence-electron chi connectivity index (χ1n) is 6.51. The van der Waals surface area contributed by atoms with Gasteiger partial charge in [-0.25, -0.2) is 4.39 Å². The van der Waals surface area contributed by atoms with Gasteiger partial charge in [0.15, 0.2) is 0 Å². The summed E-state index contributed by atoms with van der Waals surface area (Å²) in [5.74, 6) is 0.849. The lowest BCUT2D eigenvalue weighted by Gasteiger charge is -2.15. The van der Waals surface area contributed by atoms with Gasteiger partial charge >= 0.3 is 0 Å². The molecule has 3 nitrogen and oxygen atoms in total. The fourth-order valence-electron chi connectivity index (χ4n) is 1.95. The normalized spacial score (nSPS) is 12.0. The van der Waals surface area contributed by atoms with Crippen molar-refractivity contribution >= 4 is 15.9 Å². The van der Waals surface area contributed by atoms with E-state index in [0.29, 0.717) is 12.4 Å². The fraction of sp³-hybridized carbons (Fsp3) is 0.250. The topological polar surface area (TPSA) is 44.5 Å². The Labute approximate surface area is 132 Å². The third-order valence-corrected chi connectivity index (χ3v) is 3.88. The Balaban J connectivity index is 2.22. The lowest BCUT2D eigenvalue weighted by atomic mass is 10.1. The molecule has 0 fully saturated rings. The molecule has 112 valence electrons. The smallest absolute Gasteiger partial charge is 0.127 e. The number of halogens is 2. The highest BCUT2D eigenvalue weighted by Gasteiger charge is 2.11. The van der Waals surface area contributed by atoms with Crippen LogP contribution >= 0.6 is 15.9 Å². The van der Waals surface area contributed by atoms with Crippen LogP contribution < -0.4 is 15.2 Å². The summed E-state index contributed by atoms with van der Waals surface area (Å²) in [7, 11) is 1.61. The molecule has 1 unspecified atom stereocenters. The first-order valence-corrected chi connectivity index (χ1v) is 7.31. The van der Waals surface area contributed by atoms with Gasteiger partial charge in [0.25, 0.3) is 0 Å². The van der Waals surface area contributed by atoms with E-state index in [1.54, 1.807) is 13.2 Å². The second-order valence-electron chi connectivity index (χ2n) is 4.72. The molecule has 1 atom stereocenters. The minimum Gasteiger partial charge on any atom is -0.497 e. The van der Waals surface area contributed by atoms with Crippen LogP contribution in [0.5, 0.6) is 11.5 Å². The molecule has 0 saturated carbocycles. The van der Waals surface area contributed by atoms with Crippen LogP contribution in [0.25, 0.3) is 0 Å². The van der Waals surface area contributed by atoms with Crippen LogP contribution in [0, 0.1) is 5.82 Å². The second kappa shape index (κ2) is 6.91. The van der Waals surface area contributed by atoms with Gasteiger partial charge in [0.2, 0.25) is 0 Å². The molecule has 2 N–H and O–H groups in total. The van der Waals surface area contributed by atoms with Gasteiger partial charge in [-0.3, -0.25) is 0 Å². The molecular formula is C16H17BrFNO2. The molecule has 0 amide bonds. The lowest BCUT2D eigenvalue weighted by molar-refractivity contribution is 0.298. The van der Waals surface area contributed by atoms with E-state index < -0.39 is 0 Å². The van der Waals surface area contributed by atoms with Crippen molar-refractivity contribution < 1.29 is 13.9 Å². The Morgan fingerprint density at radius 1 is 1.24 bits per heavy atom. The van der Waals surface area contributed by atoms with Gasteiger partial charge < -0.3 is 15.2 Å². The molecule has 0 saturated heterocycles. The molecule has 2 aromatic rings. The summed E-state index contributed by atoms with van der Waals surface area (Å²) < 4.78 is 25.2. The van der Waals surface area contributed by atoms with Crippen LogP contribution in [0.4, 0.5) is 4.39 Å². The zero-order valence-electron chi connectivity index (χ0n) is 11.9. The summed E-state index contributed by atoms with van der Waals surface area (Å²) >= 11 is 3.46. The van der Waals surface area contributed by atoms with Crippen molar-refractivity contribution in [2.24, 2.45) is 5.73 Å². The van der Waals surface area contributed by atoms with Gasteiger partial charge in [-0.05, 0) is 31.2 Å². The second-order valence-corrected chi connectivity index (χ2v) is 5.57. The van der Waals surface area contributed by atoms with Gasteiger partial charge in [0.05, 0.1) is 7.11 Å². The minimum atomic E-state index is -0.348. The number of hydrogen-bond donors (Lipinski definition) is 1. The monoisotopic (exact) mass is 353 g/mol. The van der Waals surface area contributed by atoms with Gasteiger partial charge in [-0.15, -0.1) is 0 Å². The molecule has 2 aromatic carbocycles. The van der Waals surface area contributed by atoms with E-state index in [1.165, 1.54) is 12.1 Å². The van der Waals surface area contributed by atoms with Crippen molar-refractivity contribution in [3.05, 3.63) is 57.8 Å². The quantitative estimate of drug-likeness (QED) is 0.876. The maximum absolute atomic E-state index is 13.4. The zero-order valence-corrected chi connectivity index (χ0v) is 13.5. The molecule has 5 heteroatoms. The van der Waals surface area contributed by atoms with E-state index >= 15 is 0 Å². The summed E-state index contributed by atoms with van der Waals surface area (Å²) in [4.78, 5) is 0. The predicted octanol–water partition coefficient (Wildman–Crippen LogP) is 4.20. The van der Waals surface area contributed by atoms with Crippen LogP contribution in [0.2, 0.25) is 0 Å². The first kappa shape index (κ1) is 15.8. The van der Waals surface area contributed by atoms with E-state index in [4.69, 9.17) is 15.2 Å². The highest BCUT2D eigenvalue weighted by atomic mass is 79.9. The average molecular weight is 354 g/mol. The van der Waals surface area contributed by atoms with Crippen LogP contribution in [0.3, 0.4) is 0 Å². The van der Waals surface area contributed by atoms with E-state index in [1.807, 2.05) is 25.1 Å². The van der Waals surface area contributed by atoms with Crippen molar-refractivity contribution in [3.63, 3.8) is 0 Å². The molecule has 0 aliphatic carbocycles. The molecule has 0 aliphatic rings. The van der Waals surface area contributed by atoms with Gasteiger partial charge in [0.1, 0.15) is 23.9 Å². The van der Waals surface area contributed by atoms with E-state index in [9.17, 15) is 4.39 Å². The van der Waals surface area contributed by atoms with Crippen molar-refractivity contribution in [1.29, 1.82) is 0 Å². The van der Waals surface area contributed by atoms with Gasteiger partial charge in [-0.1, -0.05) is 22.0 Å². The third kappa shape index (κ3) is 3.95. The van der Waals surface area contributed by atoms with E-state index in [-0.39, 0.29) is 11.9 Å². The number of hydrogen-bond acceptors (Lipinski definition) is 3. The largest absolute Gasteiger partial charge is 0.497 e. The maximum atomic E-state index is 13.4. The molecule has 2 rings (SSSR count). The summed E-state index contributed by atoms with van der Waals surface area (Å²) in [5.41, 5.74) is 7.56. The standard InChI is InChI=1S/C16H17BrFNO2/c1-10(19)14-5-3-12(18)8-16(14)21-9-11-7-13(20-2)4-6-15(11)17/h3-8,10H,9,19H2,1-2H3. The van der Waals surface area contributed by atoms with Gasteiger partial charge in [-0.2, -0.15) is 0 Å². The Kier molecular flexibility index (Phi) is 5.20. The van der Waals surface area contributed by atoms with Gasteiger partial charge in [0, 0.05) is 27.7 Å². The lowest BCUT2D eigenvalue weighted by Crippen LogP contribution is -2.08. The first-order chi connectivity index (χ1) is 10.0. The molecule has 0 aromatic heterocycles. The van der Waals surface area contributed by atoms with Crippen LogP contribution in [0.15, 0.2) is 40.9 Å². The number of nitrogens with two attached hydrogens (primary N) is 1. The molecule has 0 aliphatic heterocycles.